The van der Waals surface area contributed by atoms with Crippen molar-refractivity contribution in [2.75, 3.05) is 5.32 Å². The van der Waals surface area contributed by atoms with Gasteiger partial charge in [-0.2, -0.15) is 0 Å². The fraction of sp³-hybridized carbons (Fsp3) is 0.0909. The second-order valence-electron chi connectivity index (χ2n) is 6.60. The van der Waals surface area contributed by atoms with Crippen LogP contribution in [0.1, 0.15) is 21.7 Å². The van der Waals surface area contributed by atoms with Crippen molar-refractivity contribution >= 4 is 63.3 Å². The monoisotopic (exact) mass is 476 g/mol. The SMILES string of the molecule is Cc1nc(NC(=O)C2=Cc3cc(Cl)ccc3OC=C2)sc1Cc1cc(Cl)ccc1Cl. The van der Waals surface area contributed by atoms with Crippen molar-refractivity contribution in [2.45, 2.75) is 13.3 Å². The molecule has 4 nitrogen and oxygen atoms in total. The van der Waals surface area contributed by atoms with Crippen LogP contribution in [0.15, 0.2) is 54.3 Å². The summed E-state index contributed by atoms with van der Waals surface area (Å²) < 4.78 is 5.54. The molecule has 2 aromatic carbocycles. The van der Waals surface area contributed by atoms with Crippen molar-refractivity contribution < 1.29 is 9.53 Å². The van der Waals surface area contributed by atoms with E-state index in [0.717, 1.165) is 21.7 Å². The summed E-state index contributed by atoms with van der Waals surface area (Å²) >= 11 is 19.8. The second-order valence-corrected chi connectivity index (χ2v) is 8.96. The van der Waals surface area contributed by atoms with Crippen LogP contribution in [0.3, 0.4) is 0 Å². The Kier molecular flexibility index (Phi) is 6.16. The summed E-state index contributed by atoms with van der Waals surface area (Å²) in [5.74, 6) is 0.341. The summed E-state index contributed by atoms with van der Waals surface area (Å²) in [5, 5.41) is 5.20. The number of halogens is 3. The predicted octanol–water partition coefficient (Wildman–Crippen LogP) is 6.93. The van der Waals surface area contributed by atoms with Crippen LogP contribution < -0.4 is 10.1 Å². The normalized spacial score (nSPS) is 12.6. The number of aromatic nitrogens is 1. The van der Waals surface area contributed by atoms with Crippen LogP contribution in [0.25, 0.3) is 6.08 Å². The van der Waals surface area contributed by atoms with Gasteiger partial charge in [-0.1, -0.05) is 34.8 Å². The molecular formula is C22H15Cl3N2O2S. The summed E-state index contributed by atoms with van der Waals surface area (Å²) in [7, 11) is 0. The smallest absolute Gasteiger partial charge is 0.257 e. The minimum atomic E-state index is -0.288. The molecule has 1 aromatic heterocycles. The third-order valence-corrected chi connectivity index (χ3v) is 6.37. The molecule has 1 N–H and O–H groups in total. The highest BCUT2D eigenvalue weighted by Crippen LogP contribution is 2.31. The standard InChI is InChI=1S/C22H15Cl3N2O2S/c1-12-20(11-14-9-16(23)2-4-18(14)25)30-22(26-12)27-21(28)13-6-7-29-19-5-3-17(24)10-15(19)8-13/h2-10H,11H2,1H3,(H,26,27,28). The number of nitrogens with zero attached hydrogens (tertiary/aromatic N) is 1. The number of hydrogen-bond acceptors (Lipinski definition) is 4. The van der Waals surface area contributed by atoms with E-state index in [1.807, 2.05) is 13.0 Å². The van der Waals surface area contributed by atoms with E-state index in [0.29, 0.717) is 37.9 Å². The van der Waals surface area contributed by atoms with Gasteiger partial charge in [-0.15, -0.1) is 11.3 Å². The van der Waals surface area contributed by atoms with Gasteiger partial charge in [0, 0.05) is 37.5 Å². The van der Waals surface area contributed by atoms with Gasteiger partial charge in [-0.05, 0) is 61.0 Å². The molecule has 0 saturated heterocycles. The van der Waals surface area contributed by atoms with Crippen LogP contribution in [0.4, 0.5) is 5.13 Å². The molecule has 1 amide bonds. The summed E-state index contributed by atoms with van der Waals surface area (Å²) in [6.45, 7) is 1.90. The molecule has 4 rings (SSSR count). The number of carbonyl (C=O) groups is 1. The number of fused-ring (bicyclic) bond motifs is 1. The molecule has 0 spiro atoms. The van der Waals surface area contributed by atoms with Crippen LogP contribution in [0, 0.1) is 6.92 Å². The number of anilines is 1. The minimum absolute atomic E-state index is 0.288. The Bertz CT molecular complexity index is 1200. The third kappa shape index (κ3) is 4.71. The molecule has 0 bridgehead atoms. The summed E-state index contributed by atoms with van der Waals surface area (Å²) in [6.07, 6.45) is 5.40. The van der Waals surface area contributed by atoms with Crippen LogP contribution in [0.2, 0.25) is 15.1 Å². The maximum Gasteiger partial charge on any atom is 0.257 e. The maximum absolute atomic E-state index is 12.8. The molecule has 1 aliphatic rings. The highest BCUT2D eigenvalue weighted by atomic mass is 35.5. The lowest BCUT2D eigenvalue weighted by Crippen LogP contribution is -2.12. The molecule has 0 atom stereocenters. The first kappa shape index (κ1) is 20.9. The lowest BCUT2D eigenvalue weighted by Gasteiger charge is -2.04. The van der Waals surface area contributed by atoms with Crippen LogP contribution in [0.5, 0.6) is 5.75 Å². The van der Waals surface area contributed by atoms with Crippen molar-refractivity contribution in [3.8, 4) is 5.75 Å². The Morgan fingerprint density at radius 1 is 1.13 bits per heavy atom. The first-order valence-corrected chi connectivity index (χ1v) is 10.9. The molecule has 30 heavy (non-hydrogen) atoms. The maximum atomic E-state index is 12.8. The Balaban J connectivity index is 1.54. The third-order valence-electron chi connectivity index (χ3n) is 4.46. The molecule has 8 heteroatoms. The number of thiazole rings is 1. The van der Waals surface area contributed by atoms with Gasteiger partial charge in [0.2, 0.25) is 0 Å². The van der Waals surface area contributed by atoms with Gasteiger partial charge in [0.1, 0.15) is 5.75 Å². The zero-order valence-corrected chi connectivity index (χ0v) is 18.8. The summed E-state index contributed by atoms with van der Waals surface area (Å²) in [5.41, 5.74) is 2.90. The number of benzene rings is 2. The minimum Gasteiger partial charge on any atom is -0.464 e. The number of carbonyl (C=O) groups excluding carboxylic acids is 1. The summed E-state index contributed by atoms with van der Waals surface area (Å²) in [6, 6.07) is 10.6. The summed E-state index contributed by atoms with van der Waals surface area (Å²) in [4.78, 5) is 18.3. The fourth-order valence-corrected chi connectivity index (χ4v) is 4.48. The van der Waals surface area contributed by atoms with E-state index < -0.39 is 0 Å². The quantitative estimate of drug-likeness (QED) is 0.443. The predicted molar refractivity (Wildman–Crippen MR) is 124 cm³/mol. The van der Waals surface area contributed by atoms with Crippen LogP contribution >= 0.6 is 46.1 Å². The van der Waals surface area contributed by atoms with Gasteiger partial charge in [0.25, 0.3) is 5.91 Å². The van der Waals surface area contributed by atoms with Gasteiger partial charge in [-0.25, -0.2) is 4.98 Å². The Hall–Kier alpha value is -2.31. The van der Waals surface area contributed by atoms with Crippen LogP contribution in [-0.2, 0) is 11.2 Å². The van der Waals surface area contributed by atoms with Crippen molar-refractivity contribution in [3.05, 3.63) is 91.1 Å². The lowest BCUT2D eigenvalue weighted by atomic mass is 10.1. The molecule has 0 aliphatic carbocycles. The Morgan fingerprint density at radius 2 is 1.90 bits per heavy atom. The zero-order chi connectivity index (χ0) is 21.3. The van der Waals surface area contributed by atoms with Crippen molar-refractivity contribution in [1.82, 2.24) is 4.98 Å². The van der Waals surface area contributed by atoms with E-state index in [1.54, 1.807) is 42.5 Å². The molecule has 0 radical (unpaired) electrons. The van der Waals surface area contributed by atoms with Gasteiger partial charge in [-0.3, -0.25) is 10.1 Å². The number of nitrogens with one attached hydrogen (secondary N) is 1. The average molecular weight is 478 g/mol. The molecule has 152 valence electrons. The molecular weight excluding hydrogens is 463 g/mol. The molecule has 0 unspecified atom stereocenters. The average Bonchev–Trinajstić information content (AvgIpc) is 2.91. The topological polar surface area (TPSA) is 51.2 Å². The van der Waals surface area contributed by atoms with E-state index in [9.17, 15) is 4.79 Å². The van der Waals surface area contributed by atoms with Crippen molar-refractivity contribution in [2.24, 2.45) is 0 Å². The molecule has 3 aromatic rings. The highest BCUT2D eigenvalue weighted by Gasteiger charge is 2.16. The second kappa shape index (κ2) is 8.82. The zero-order valence-electron chi connectivity index (χ0n) is 15.7. The number of aryl methyl sites for hydroxylation is 1. The lowest BCUT2D eigenvalue weighted by molar-refractivity contribution is -0.112. The molecule has 0 fully saturated rings. The molecule has 0 saturated carbocycles. The molecule has 1 aliphatic heterocycles. The number of ether oxygens (including phenoxy) is 1. The van der Waals surface area contributed by atoms with Gasteiger partial charge >= 0.3 is 0 Å². The largest absolute Gasteiger partial charge is 0.464 e. The van der Waals surface area contributed by atoms with Crippen molar-refractivity contribution in [3.63, 3.8) is 0 Å². The van der Waals surface area contributed by atoms with Gasteiger partial charge < -0.3 is 4.74 Å². The van der Waals surface area contributed by atoms with E-state index in [4.69, 9.17) is 39.5 Å². The van der Waals surface area contributed by atoms with Crippen molar-refractivity contribution in [1.29, 1.82) is 0 Å². The fourth-order valence-electron chi connectivity index (χ4n) is 2.94. The Labute approximate surface area is 192 Å². The highest BCUT2D eigenvalue weighted by molar-refractivity contribution is 7.15. The number of rotatable bonds is 4. The Morgan fingerprint density at radius 3 is 2.73 bits per heavy atom. The number of hydrogen-bond donors (Lipinski definition) is 1. The number of amides is 1. The van der Waals surface area contributed by atoms with Gasteiger partial charge in [0.15, 0.2) is 5.13 Å². The van der Waals surface area contributed by atoms with E-state index in [1.165, 1.54) is 17.6 Å². The molecule has 2 heterocycles. The van der Waals surface area contributed by atoms with Crippen LogP contribution in [-0.4, -0.2) is 10.9 Å². The van der Waals surface area contributed by atoms with Gasteiger partial charge in [0.05, 0.1) is 12.0 Å². The first-order valence-electron chi connectivity index (χ1n) is 8.95. The van der Waals surface area contributed by atoms with E-state index in [2.05, 4.69) is 10.3 Å². The first-order chi connectivity index (χ1) is 14.4. The van der Waals surface area contributed by atoms with E-state index in [-0.39, 0.29) is 5.91 Å². The van der Waals surface area contributed by atoms with E-state index >= 15 is 0 Å².